The van der Waals surface area contributed by atoms with Crippen LogP contribution in [0, 0.1) is 0 Å². The Bertz CT molecular complexity index is 878. The second-order valence-corrected chi connectivity index (χ2v) is 8.54. The number of aromatic nitrogens is 3. The number of amides is 2. The van der Waals surface area contributed by atoms with Crippen molar-refractivity contribution in [2.24, 2.45) is 0 Å². The van der Waals surface area contributed by atoms with Gasteiger partial charge >= 0.3 is 0 Å². The van der Waals surface area contributed by atoms with Gasteiger partial charge in [-0.1, -0.05) is 25.3 Å². The zero-order valence-electron chi connectivity index (χ0n) is 18.1. The van der Waals surface area contributed by atoms with Crippen LogP contribution in [0.3, 0.4) is 0 Å². The average Bonchev–Trinajstić information content (AvgIpc) is 3.33. The minimum atomic E-state index is -0.0675. The van der Waals surface area contributed by atoms with E-state index in [1.165, 1.54) is 19.3 Å². The third-order valence-electron chi connectivity index (χ3n) is 6.51. The van der Waals surface area contributed by atoms with Crippen molar-refractivity contribution in [1.82, 2.24) is 25.0 Å². The van der Waals surface area contributed by atoms with Crippen LogP contribution in [-0.2, 0) is 4.79 Å². The molecule has 166 valence electrons. The molecule has 2 aromatic rings. The fourth-order valence-corrected chi connectivity index (χ4v) is 4.70. The number of H-pyrrole nitrogens is 1. The van der Waals surface area contributed by atoms with Crippen molar-refractivity contribution in [1.29, 1.82) is 0 Å². The summed E-state index contributed by atoms with van der Waals surface area (Å²) in [4.78, 5) is 33.7. The number of pyridine rings is 1. The molecule has 0 unspecified atom stereocenters. The third-order valence-corrected chi connectivity index (χ3v) is 6.51. The highest BCUT2D eigenvalue weighted by atomic mass is 16.5. The van der Waals surface area contributed by atoms with Crippen LogP contribution < -0.4 is 4.74 Å². The number of carbonyl (C=O) groups is 2. The van der Waals surface area contributed by atoms with E-state index in [1.54, 1.807) is 24.5 Å². The van der Waals surface area contributed by atoms with Crippen LogP contribution in [0.2, 0.25) is 0 Å². The number of carbonyl (C=O) groups excluding carboxylic acids is 2. The fourth-order valence-electron chi connectivity index (χ4n) is 4.70. The van der Waals surface area contributed by atoms with Crippen LogP contribution in [0.25, 0.3) is 0 Å². The van der Waals surface area contributed by atoms with Gasteiger partial charge in [-0.05, 0) is 31.7 Å². The van der Waals surface area contributed by atoms with Crippen molar-refractivity contribution < 1.29 is 14.3 Å². The molecule has 0 spiro atoms. The van der Waals surface area contributed by atoms with E-state index in [4.69, 9.17) is 4.74 Å². The molecule has 0 bridgehead atoms. The largest absolute Gasteiger partial charge is 0.468 e. The van der Waals surface area contributed by atoms with Gasteiger partial charge in [-0.2, -0.15) is 5.10 Å². The summed E-state index contributed by atoms with van der Waals surface area (Å²) in [5.74, 6) is 0.463. The van der Waals surface area contributed by atoms with Gasteiger partial charge in [0.15, 0.2) is 6.61 Å². The molecule has 2 aliphatic rings. The molecule has 2 aromatic heterocycles. The van der Waals surface area contributed by atoms with Gasteiger partial charge in [0.05, 0.1) is 17.5 Å². The molecule has 2 fully saturated rings. The van der Waals surface area contributed by atoms with Gasteiger partial charge in [0.2, 0.25) is 5.88 Å². The quantitative estimate of drug-likeness (QED) is 0.768. The maximum absolute atomic E-state index is 13.2. The number of ether oxygens (including phenoxy) is 1. The van der Waals surface area contributed by atoms with E-state index in [1.807, 2.05) is 22.9 Å². The summed E-state index contributed by atoms with van der Waals surface area (Å²) in [7, 11) is 1.90. The molecule has 1 atom stereocenters. The normalized spacial score (nSPS) is 19.8. The Kier molecular flexibility index (Phi) is 6.84. The molecular formula is C23H31N5O3. The Morgan fingerprint density at radius 2 is 2.03 bits per heavy atom. The van der Waals surface area contributed by atoms with Crippen LogP contribution >= 0.6 is 0 Å². The van der Waals surface area contributed by atoms with Crippen molar-refractivity contribution in [2.45, 2.75) is 56.9 Å². The number of rotatable bonds is 6. The smallest absolute Gasteiger partial charge is 0.260 e. The third kappa shape index (κ3) is 5.06. The number of hydrogen-bond donors (Lipinski definition) is 1. The first-order valence-electron chi connectivity index (χ1n) is 11.3. The predicted molar refractivity (Wildman–Crippen MR) is 116 cm³/mol. The summed E-state index contributed by atoms with van der Waals surface area (Å²) >= 11 is 0. The molecule has 1 saturated carbocycles. The van der Waals surface area contributed by atoms with Gasteiger partial charge in [0.1, 0.15) is 0 Å². The molecule has 0 radical (unpaired) electrons. The van der Waals surface area contributed by atoms with Crippen molar-refractivity contribution in [3.63, 3.8) is 0 Å². The second-order valence-electron chi connectivity index (χ2n) is 8.54. The summed E-state index contributed by atoms with van der Waals surface area (Å²) in [6.45, 7) is 1.21. The Balaban J connectivity index is 1.39. The zero-order valence-corrected chi connectivity index (χ0v) is 18.1. The fraction of sp³-hybridized carbons (Fsp3) is 0.565. The highest BCUT2D eigenvalue weighted by Gasteiger charge is 2.31. The molecule has 1 N–H and O–H groups in total. The van der Waals surface area contributed by atoms with Crippen molar-refractivity contribution >= 4 is 11.8 Å². The van der Waals surface area contributed by atoms with Gasteiger partial charge in [-0.15, -0.1) is 0 Å². The van der Waals surface area contributed by atoms with Gasteiger partial charge in [-0.25, -0.2) is 4.98 Å². The molecular weight excluding hydrogens is 394 g/mol. The first-order chi connectivity index (χ1) is 15.1. The van der Waals surface area contributed by atoms with Crippen molar-refractivity contribution in [3.8, 4) is 5.88 Å². The van der Waals surface area contributed by atoms with E-state index in [2.05, 4.69) is 15.2 Å². The van der Waals surface area contributed by atoms with E-state index < -0.39 is 0 Å². The van der Waals surface area contributed by atoms with Crippen LogP contribution in [0.1, 0.15) is 66.9 Å². The van der Waals surface area contributed by atoms with E-state index in [-0.39, 0.29) is 24.3 Å². The number of aromatic amines is 1. The summed E-state index contributed by atoms with van der Waals surface area (Å²) < 4.78 is 5.52. The number of piperidine rings is 1. The standard InChI is InChI=1S/C23H31N5O3/c1-27(18-9-3-2-4-10-18)23(30)19-14-25-26-22(19)17-8-7-13-28(15-17)21(29)16-31-20-11-5-6-12-24-20/h5-6,11-12,14,17-18H,2-4,7-10,13,15-16H2,1H3,(H,25,26)/t17-/m1/s1. The SMILES string of the molecule is CN(C(=O)c1cn[nH]c1[C@@H]1CCCN(C(=O)COc2ccccn2)C1)C1CCCCC1. The zero-order chi connectivity index (χ0) is 21.6. The van der Waals surface area contributed by atoms with E-state index >= 15 is 0 Å². The van der Waals surface area contributed by atoms with Crippen LogP contribution in [0.5, 0.6) is 5.88 Å². The summed E-state index contributed by atoms with van der Waals surface area (Å²) in [5.41, 5.74) is 1.48. The lowest BCUT2D eigenvalue weighted by Gasteiger charge is -2.34. The molecule has 2 amide bonds. The van der Waals surface area contributed by atoms with E-state index in [9.17, 15) is 9.59 Å². The van der Waals surface area contributed by atoms with Gasteiger partial charge in [0, 0.05) is 44.4 Å². The molecule has 0 aromatic carbocycles. The number of likely N-dealkylation sites (tertiary alicyclic amines) is 1. The number of hydrogen-bond acceptors (Lipinski definition) is 5. The molecule has 31 heavy (non-hydrogen) atoms. The Morgan fingerprint density at radius 1 is 1.19 bits per heavy atom. The first kappa shape index (κ1) is 21.3. The Hall–Kier alpha value is -2.90. The van der Waals surface area contributed by atoms with Crippen LogP contribution in [0.4, 0.5) is 0 Å². The minimum absolute atomic E-state index is 0.0255. The van der Waals surface area contributed by atoms with Crippen molar-refractivity contribution in [3.05, 3.63) is 41.9 Å². The summed E-state index contributed by atoms with van der Waals surface area (Å²) in [5, 5.41) is 7.24. The maximum atomic E-state index is 13.2. The Labute approximate surface area is 183 Å². The van der Waals surface area contributed by atoms with Gasteiger partial charge in [0.25, 0.3) is 11.8 Å². The lowest BCUT2D eigenvalue weighted by molar-refractivity contribution is -0.134. The lowest BCUT2D eigenvalue weighted by atomic mass is 9.91. The molecule has 8 nitrogen and oxygen atoms in total. The lowest BCUT2D eigenvalue weighted by Crippen LogP contribution is -2.42. The maximum Gasteiger partial charge on any atom is 0.260 e. The van der Waals surface area contributed by atoms with Crippen LogP contribution in [-0.4, -0.2) is 69.6 Å². The minimum Gasteiger partial charge on any atom is -0.468 e. The van der Waals surface area contributed by atoms with Crippen molar-refractivity contribution in [2.75, 3.05) is 26.7 Å². The average molecular weight is 426 g/mol. The molecule has 1 saturated heterocycles. The monoisotopic (exact) mass is 425 g/mol. The van der Waals surface area contributed by atoms with Gasteiger partial charge < -0.3 is 14.5 Å². The predicted octanol–water partition coefficient (Wildman–Crippen LogP) is 2.99. The number of nitrogens with one attached hydrogen (secondary N) is 1. The summed E-state index contributed by atoms with van der Waals surface area (Å²) in [6.07, 6.45) is 10.8. The highest BCUT2D eigenvalue weighted by Crippen LogP contribution is 2.30. The van der Waals surface area contributed by atoms with Gasteiger partial charge in [-0.3, -0.25) is 14.7 Å². The van der Waals surface area contributed by atoms with Crippen LogP contribution in [0.15, 0.2) is 30.6 Å². The topological polar surface area (TPSA) is 91.4 Å². The highest BCUT2D eigenvalue weighted by molar-refractivity contribution is 5.95. The molecule has 4 rings (SSSR count). The molecule has 1 aliphatic heterocycles. The summed E-state index contributed by atoms with van der Waals surface area (Å²) in [6, 6.07) is 5.67. The second kappa shape index (κ2) is 9.94. The number of nitrogens with zero attached hydrogens (tertiary/aromatic N) is 4. The van der Waals surface area contributed by atoms with E-state index in [0.29, 0.717) is 30.6 Å². The van der Waals surface area contributed by atoms with E-state index in [0.717, 1.165) is 31.4 Å². The molecule has 1 aliphatic carbocycles. The molecule has 8 heteroatoms. The Morgan fingerprint density at radius 3 is 2.81 bits per heavy atom. The first-order valence-corrected chi connectivity index (χ1v) is 11.3. The molecule has 3 heterocycles.